The molecule has 1 atom stereocenters. The van der Waals surface area contributed by atoms with E-state index in [0.29, 0.717) is 18.0 Å². The van der Waals surface area contributed by atoms with Crippen molar-refractivity contribution >= 4 is 44.8 Å². The molecule has 3 rings (SSSR count). The fourth-order valence-corrected chi connectivity index (χ4v) is 4.47. The van der Waals surface area contributed by atoms with Gasteiger partial charge in [0.25, 0.3) is 5.91 Å². The van der Waals surface area contributed by atoms with E-state index >= 15 is 0 Å². The van der Waals surface area contributed by atoms with Gasteiger partial charge in [0.1, 0.15) is 5.75 Å². The molecule has 3 N–H and O–H groups in total. The van der Waals surface area contributed by atoms with E-state index in [1.807, 2.05) is 0 Å². The highest BCUT2D eigenvalue weighted by Crippen LogP contribution is 2.31. The molecular formula is C21H24ClN3O6S. The third-order valence-corrected chi connectivity index (χ3v) is 6.54. The molecule has 0 aliphatic carbocycles. The molecule has 1 unspecified atom stereocenters. The molecule has 2 amide bonds. The van der Waals surface area contributed by atoms with E-state index in [1.165, 1.54) is 50.4 Å². The third kappa shape index (κ3) is 5.98. The second-order valence-corrected chi connectivity index (χ2v) is 9.35. The number of hydrogen-bond donors (Lipinski definition) is 3. The molecule has 1 fully saturated rings. The molecule has 9 nitrogen and oxygen atoms in total. The summed E-state index contributed by atoms with van der Waals surface area (Å²) in [4.78, 5) is 24.1. The summed E-state index contributed by atoms with van der Waals surface area (Å²) in [5.41, 5.74) is 0.858. The largest absolute Gasteiger partial charge is 0.496 e. The van der Waals surface area contributed by atoms with Gasteiger partial charge in [-0.1, -0.05) is 11.6 Å². The zero-order chi connectivity index (χ0) is 23.3. The molecule has 1 saturated heterocycles. The number of ether oxygens (including phenoxy) is 2. The fourth-order valence-electron chi connectivity index (χ4n) is 3.19. The quantitative estimate of drug-likeness (QED) is 0.532. The van der Waals surface area contributed by atoms with Crippen molar-refractivity contribution in [1.29, 1.82) is 0 Å². The normalized spacial score (nSPS) is 15.9. The van der Waals surface area contributed by atoms with Crippen molar-refractivity contribution in [2.24, 2.45) is 0 Å². The first-order valence-electron chi connectivity index (χ1n) is 9.87. The predicted molar refractivity (Wildman–Crippen MR) is 121 cm³/mol. The number of rotatable bonds is 8. The van der Waals surface area contributed by atoms with Crippen LogP contribution in [0, 0.1) is 0 Å². The van der Waals surface area contributed by atoms with Crippen LogP contribution in [0.1, 0.15) is 30.1 Å². The number of methoxy groups -OCH3 is 1. The molecule has 2 aromatic carbocycles. The van der Waals surface area contributed by atoms with Gasteiger partial charge in [0.05, 0.1) is 34.4 Å². The monoisotopic (exact) mass is 481 g/mol. The smallest absolute Gasteiger partial charge is 0.259 e. The van der Waals surface area contributed by atoms with Crippen LogP contribution in [-0.4, -0.2) is 46.6 Å². The first-order chi connectivity index (χ1) is 15.2. The maximum Gasteiger partial charge on any atom is 0.259 e. The van der Waals surface area contributed by atoms with E-state index < -0.39 is 15.9 Å². The van der Waals surface area contributed by atoms with Crippen molar-refractivity contribution in [2.45, 2.75) is 30.8 Å². The number of carbonyl (C=O) groups excluding carboxylic acids is 2. The van der Waals surface area contributed by atoms with E-state index in [0.717, 1.165) is 12.8 Å². The molecule has 0 aromatic heterocycles. The average Bonchev–Trinajstić information content (AvgIpc) is 3.27. The number of carbonyl (C=O) groups is 2. The van der Waals surface area contributed by atoms with Crippen molar-refractivity contribution in [2.75, 3.05) is 30.9 Å². The van der Waals surface area contributed by atoms with Crippen molar-refractivity contribution in [1.82, 2.24) is 4.72 Å². The van der Waals surface area contributed by atoms with Crippen molar-refractivity contribution in [3.8, 4) is 5.75 Å². The lowest BCUT2D eigenvalue weighted by Gasteiger charge is -2.14. The minimum Gasteiger partial charge on any atom is -0.496 e. The van der Waals surface area contributed by atoms with Gasteiger partial charge in [-0.3, -0.25) is 9.59 Å². The number of hydrogen-bond acceptors (Lipinski definition) is 6. The highest BCUT2D eigenvalue weighted by atomic mass is 35.5. The van der Waals surface area contributed by atoms with Crippen LogP contribution in [0.2, 0.25) is 5.02 Å². The van der Waals surface area contributed by atoms with Gasteiger partial charge in [-0.05, 0) is 43.2 Å². The van der Waals surface area contributed by atoms with Crippen LogP contribution in [-0.2, 0) is 19.6 Å². The van der Waals surface area contributed by atoms with Gasteiger partial charge in [-0.2, -0.15) is 0 Å². The first-order valence-corrected chi connectivity index (χ1v) is 11.7. The molecule has 1 aliphatic rings. The van der Waals surface area contributed by atoms with Crippen molar-refractivity contribution < 1.29 is 27.5 Å². The minimum absolute atomic E-state index is 0.0776. The number of benzene rings is 2. The number of sulfonamides is 1. The Balaban J connectivity index is 1.70. The number of anilines is 2. The van der Waals surface area contributed by atoms with E-state index in [1.54, 1.807) is 0 Å². The third-order valence-electron chi connectivity index (χ3n) is 4.79. The highest BCUT2D eigenvalue weighted by Gasteiger charge is 2.21. The van der Waals surface area contributed by atoms with Gasteiger partial charge in [0.2, 0.25) is 15.9 Å². The Morgan fingerprint density at radius 3 is 2.50 bits per heavy atom. The van der Waals surface area contributed by atoms with Crippen LogP contribution in [0.25, 0.3) is 0 Å². The van der Waals surface area contributed by atoms with Crippen molar-refractivity contribution in [3.05, 3.63) is 47.0 Å². The maximum atomic E-state index is 12.7. The summed E-state index contributed by atoms with van der Waals surface area (Å²) in [7, 11) is -2.30. The molecule has 2 aromatic rings. The molecule has 0 spiro atoms. The molecule has 1 heterocycles. The van der Waals surface area contributed by atoms with Crippen LogP contribution in [0.3, 0.4) is 0 Å². The van der Waals surface area contributed by atoms with E-state index in [2.05, 4.69) is 15.4 Å². The second-order valence-electron chi connectivity index (χ2n) is 7.18. The van der Waals surface area contributed by atoms with Gasteiger partial charge in [-0.25, -0.2) is 13.1 Å². The summed E-state index contributed by atoms with van der Waals surface area (Å²) in [6.45, 7) is 2.20. The summed E-state index contributed by atoms with van der Waals surface area (Å²) < 4.78 is 38.1. The van der Waals surface area contributed by atoms with E-state index in [4.69, 9.17) is 21.1 Å². The van der Waals surface area contributed by atoms with Gasteiger partial charge in [0.15, 0.2) is 0 Å². The molecule has 172 valence electrons. The lowest BCUT2D eigenvalue weighted by molar-refractivity contribution is -0.114. The van der Waals surface area contributed by atoms with Gasteiger partial charge in [-0.15, -0.1) is 0 Å². The predicted octanol–water partition coefficient (Wildman–Crippen LogP) is 3.02. The van der Waals surface area contributed by atoms with Gasteiger partial charge >= 0.3 is 0 Å². The van der Waals surface area contributed by atoms with Gasteiger partial charge in [0, 0.05) is 31.8 Å². The van der Waals surface area contributed by atoms with E-state index in [-0.39, 0.29) is 39.8 Å². The molecule has 0 saturated carbocycles. The Bertz CT molecular complexity index is 1100. The standard InChI is InChI=1S/C21H24ClN3O6S/c1-13(26)24-19-11-20(30-2)17(10-18(19)22)21(27)25-14-5-7-16(8-6-14)32(28,29)23-12-15-4-3-9-31-15/h5-8,10-11,15,23H,3-4,9,12H2,1-2H3,(H,24,26)(H,25,27). The summed E-state index contributed by atoms with van der Waals surface area (Å²) >= 11 is 6.16. The molecular weight excluding hydrogens is 458 g/mol. The van der Waals surface area contributed by atoms with Crippen LogP contribution >= 0.6 is 11.6 Å². The first kappa shape index (κ1) is 24.0. The fraction of sp³-hybridized carbons (Fsp3) is 0.333. The lowest BCUT2D eigenvalue weighted by atomic mass is 10.1. The summed E-state index contributed by atoms with van der Waals surface area (Å²) in [6.07, 6.45) is 1.64. The van der Waals surface area contributed by atoms with Crippen LogP contribution < -0.4 is 20.1 Å². The average molecular weight is 482 g/mol. The molecule has 0 radical (unpaired) electrons. The Morgan fingerprint density at radius 2 is 1.91 bits per heavy atom. The number of amides is 2. The highest BCUT2D eigenvalue weighted by molar-refractivity contribution is 7.89. The number of nitrogens with one attached hydrogen (secondary N) is 3. The molecule has 32 heavy (non-hydrogen) atoms. The topological polar surface area (TPSA) is 123 Å². The Kier molecular flexibility index (Phi) is 7.73. The second kappa shape index (κ2) is 10.3. The Hall–Kier alpha value is -2.66. The van der Waals surface area contributed by atoms with Crippen LogP contribution in [0.4, 0.5) is 11.4 Å². The lowest BCUT2D eigenvalue weighted by Crippen LogP contribution is -2.31. The molecule has 11 heteroatoms. The summed E-state index contributed by atoms with van der Waals surface area (Å²) in [5, 5.41) is 5.41. The Morgan fingerprint density at radius 1 is 1.19 bits per heavy atom. The Labute approximate surface area is 191 Å². The maximum absolute atomic E-state index is 12.7. The van der Waals surface area contributed by atoms with Crippen LogP contribution in [0.15, 0.2) is 41.3 Å². The summed E-state index contributed by atoms with van der Waals surface area (Å²) in [6, 6.07) is 8.61. The zero-order valence-electron chi connectivity index (χ0n) is 17.6. The zero-order valence-corrected chi connectivity index (χ0v) is 19.2. The van der Waals surface area contributed by atoms with E-state index in [9.17, 15) is 18.0 Å². The van der Waals surface area contributed by atoms with Crippen LogP contribution in [0.5, 0.6) is 5.75 Å². The van der Waals surface area contributed by atoms with Gasteiger partial charge < -0.3 is 20.1 Å². The minimum atomic E-state index is -3.69. The molecule has 1 aliphatic heterocycles. The summed E-state index contributed by atoms with van der Waals surface area (Å²) in [5.74, 6) is -0.607. The SMILES string of the molecule is COc1cc(NC(C)=O)c(Cl)cc1C(=O)Nc1ccc(S(=O)(=O)NCC2CCCO2)cc1. The molecule has 0 bridgehead atoms. The van der Waals surface area contributed by atoms with Crippen molar-refractivity contribution in [3.63, 3.8) is 0 Å². The number of halogens is 1.